The van der Waals surface area contributed by atoms with Crippen molar-refractivity contribution in [2.24, 2.45) is 5.11 Å². The Balaban J connectivity index is 3.74. The second-order valence-electron chi connectivity index (χ2n) is 4.83. The van der Waals surface area contributed by atoms with E-state index in [1.54, 1.807) is 0 Å². The molecule has 4 nitrogen and oxygen atoms in total. The fourth-order valence-electron chi connectivity index (χ4n) is 2.05. The average molecular weight is 298 g/mol. The first-order valence-corrected chi connectivity index (χ1v) is 5.16. The van der Waals surface area contributed by atoms with Crippen LogP contribution >= 0.6 is 0 Å². The van der Waals surface area contributed by atoms with Gasteiger partial charge in [-0.05, 0) is 23.7 Å². The molecule has 0 saturated heterocycles. The number of alkyl halides is 6. The summed E-state index contributed by atoms with van der Waals surface area (Å²) in [6.07, 6.45) is -12.9. The first-order chi connectivity index (χ1) is 8.82. The molecule has 0 unspecified atom stereocenters. The van der Waals surface area contributed by atoms with Crippen molar-refractivity contribution in [3.8, 4) is 6.07 Å². The van der Waals surface area contributed by atoms with E-state index in [1.165, 1.54) is 0 Å². The zero-order chi connectivity index (χ0) is 16.0. The van der Waals surface area contributed by atoms with E-state index >= 15 is 0 Å². The van der Waals surface area contributed by atoms with Crippen LogP contribution < -0.4 is 0 Å². The highest BCUT2D eigenvalue weighted by Crippen LogP contribution is 2.54. The Labute approximate surface area is 109 Å². The molecule has 0 spiro atoms. The van der Waals surface area contributed by atoms with E-state index in [-0.39, 0.29) is 0 Å². The quantitative estimate of drug-likeness (QED) is 0.317. The number of nitrogens with zero attached hydrogens (tertiary/aromatic N) is 4. The van der Waals surface area contributed by atoms with Gasteiger partial charge in [0.25, 0.3) is 0 Å². The van der Waals surface area contributed by atoms with Gasteiger partial charge in [-0.1, -0.05) is 0 Å². The maximum Gasteiger partial charge on any atom is 0.467 e. The SMILES string of the molecule is CC1(C)CC(C(F)(F)F)(C(F)(F)F)[N+](C(=C=[N-])C#N)=N1. The van der Waals surface area contributed by atoms with Gasteiger partial charge < -0.3 is 5.41 Å². The summed E-state index contributed by atoms with van der Waals surface area (Å²) in [6.45, 7) is 2.12. The Morgan fingerprint density at radius 2 is 1.65 bits per heavy atom. The zero-order valence-corrected chi connectivity index (χ0v) is 10.3. The van der Waals surface area contributed by atoms with Gasteiger partial charge in [-0.15, -0.1) is 0 Å². The first kappa shape index (κ1) is 16.2. The molecule has 0 bridgehead atoms. The lowest BCUT2D eigenvalue weighted by Crippen LogP contribution is -2.62. The molecule has 110 valence electrons. The lowest BCUT2D eigenvalue weighted by atomic mass is 9.85. The summed E-state index contributed by atoms with van der Waals surface area (Å²) in [6, 6.07) is 1.02. The molecule has 1 aliphatic heterocycles. The van der Waals surface area contributed by atoms with Crippen molar-refractivity contribution < 1.29 is 31.0 Å². The fraction of sp³-hybridized carbons (Fsp3) is 0.700. The lowest BCUT2D eigenvalue weighted by molar-refractivity contribution is -0.676. The van der Waals surface area contributed by atoms with Gasteiger partial charge in [-0.25, -0.2) is 0 Å². The fourth-order valence-corrected chi connectivity index (χ4v) is 2.05. The first-order valence-electron chi connectivity index (χ1n) is 5.16. The van der Waals surface area contributed by atoms with Crippen LogP contribution in [0.1, 0.15) is 20.3 Å². The molecule has 0 aromatic carbocycles. The van der Waals surface area contributed by atoms with E-state index in [9.17, 15) is 26.3 Å². The molecule has 0 amide bonds. The van der Waals surface area contributed by atoms with Crippen LogP contribution in [-0.4, -0.2) is 34.0 Å². The van der Waals surface area contributed by atoms with Crippen molar-refractivity contribution in [3.05, 3.63) is 11.1 Å². The summed E-state index contributed by atoms with van der Waals surface area (Å²) < 4.78 is 78.0. The van der Waals surface area contributed by atoms with Crippen molar-refractivity contribution in [2.45, 2.75) is 43.7 Å². The molecule has 1 rings (SSSR count). The van der Waals surface area contributed by atoms with Gasteiger partial charge in [0.15, 0.2) is 6.07 Å². The Morgan fingerprint density at radius 3 is 1.95 bits per heavy atom. The van der Waals surface area contributed by atoms with Crippen molar-refractivity contribution in [1.29, 1.82) is 5.26 Å². The number of azo groups is 2. The van der Waals surface area contributed by atoms with Crippen LogP contribution in [0.2, 0.25) is 0 Å². The summed E-state index contributed by atoms with van der Waals surface area (Å²) in [5.74, 6) is 1.02. The summed E-state index contributed by atoms with van der Waals surface area (Å²) in [7, 11) is 0. The van der Waals surface area contributed by atoms with E-state index in [0.717, 1.165) is 25.8 Å². The van der Waals surface area contributed by atoms with Gasteiger partial charge in [0.2, 0.25) is 0 Å². The second-order valence-corrected chi connectivity index (χ2v) is 4.83. The number of nitriles is 1. The third-order valence-corrected chi connectivity index (χ3v) is 2.78. The van der Waals surface area contributed by atoms with Gasteiger partial charge in [0.05, 0.1) is 6.42 Å². The Hall–Kier alpha value is -1.88. The van der Waals surface area contributed by atoms with E-state index in [1.807, 2.05) is 0 Å². The summed E-state index contributed by atoms with van der Waals surface area (Å²) in [5.41, 5.74) is -7.45. The third-order valence-electron chi connectivity index (χ3n) is 2.78. The molecule has 0 atom stereocenters. The van der Waals surface area contributed by atoms with E-state index < -0.39 is 40.2 Å². The average Bonchev–Trinajstić information content (AvgIpc) is 2.52. The maximum absolute atomic E-state index is 13.1. The van der Waals surface area contributed by atoms with Gasteiger partial charge in [-0.3, -0.25) is 0 Å². The third kappa shape index (κ3) is 2.18. The van der Waals surface area contributed by atoms with Crippen molar-refractivity contribution >= 4 is 5.87 Å². The highest BCUT2D eigenvalue weighted by Gasteiger charge is 2.84. The van der Waals surface area contributed by atoms with E-state index in [4.69, 9.17) is 10.7 Å². The van der Waals surface area contributed by atoms with Crippen molar-refractivity contribution in [1.82, 2.24) is 0 Å². The van der Waals surface area contributed by atoms with Crippen LogP contribution in [-0.2, 0) is 0 Å². The standard InChI is InChI=1S/C10H8F6N4/c1-7(2)5-8(9(11,12)13,10(14,15)16)20(19-7)6(3-17)4-18/h5H2,1-2H3. The highest BCUT2D eigenvalue weighted by molar-refractivity contribution is 5.62. The molecule has 20 heavy (non-hydrogen) atoms. The number of hydrogen-bond acceptors (Lipinski definition) is 2. The summed E-state index contributed by atoms with van der Waals surface area (Å²) in [4.78, 5) is 0. The number of rotatable bonds is 1. The zero-order valence-electron chi connectivity index (χ0n) is 10.3. The predicted octanol–water partition coefficient (Wildman–Crippen LogP) is 3.14. The van der Waals surface area contributed by atoms with Gasteiger partial charge >= 0.3 is 23.6 Å². The minimum Gasteiger partial charge on any atom is -0.757 e. The maximum atomic E-state index is 13.1. The molecule has 1 aliphatic rings. The molecule has 10 heteroatoms. The molecular weight excluding hydrogens is 290 g/mol. The Bertz CT molecular complexity index is 528. The largest absolute Gasteiger partial charge is 0.757 e. The van der Waals surface area contributed by atoms with Crippen LogP contribution in [0.3, 0.4) is 0 Å². The molecule has 0 saturated carbocycles. The van der Waals surface area contributed by atoms with Crippen LogP contribution in [0, 0.1) is 11.3 Å². The molecule has 0 aliphatic carbocycles. The van der Waals surface area contributed by atoms with E-state index in [0.29, 0.717) is 0 Å². The number of hydrogen-bond donors (Lipinski definition) is 0. The summed E-state index contributed by atoms with van der Waals surface area (Å²) >= 11 is 0. The van der Waals surface area contributed by atoms with Crippen LogP contribution in [0.15, 0.2) is 10.8 Å². The minimum absolute atomic E-state index is 0.535. The predicted molar refractivity (Wildman–Crippen MR) is 53.7 cm³/mol. The molecular formula is C10H8F6N4. The normalized spacial score (nSPS) is 20.9. The van der Waals surface area contributed by atoms with Gasteiger partial charge in [0, 0.05) is 0 Å². The van der Waals surface area contributed by atoms with Crippen LogP contribution in [0.25, 0.3) is 5.41 Å². The van der Waals surface area contributed by atoms with Gasteiger partial charge in [0.1, 0.15) is 5.54 Å². The Kier molecular flexibility index (Phi) is 3.49. The topological polar surface area (TPSA) is 61.5 Å². The molecule has 0 N–H and O–H groups in total. The molecule has 0 radical (unpaired) electrons. The Morgan fingerprint density at radius 1 is 1.20 bits per heavy atom. The highest BCUT2D eigenvalue weighted by atomic mass is 19.4. The van der Waals surface area contributed by atoms with Crippen molar-refractivity contribution in [3.63, 3.8) is 0 Å². The molecule has 0 fully saturated rings. The number of allylic oxidation sites excluding steroid dienone is 1. The molecule has 0 aromatic rings. The lowest BCUT2D eigenvalue weighted by Gasteiger charge is -2.28. The van der Waals surface area contributed by atoms with Crippen LogP contribution in [0.4, 0.5) is 26.3 Å². The minimum atomic E-state index is -5.75. The van der Waals surface area contributed by atoms with Gasteiger partial charge in [-0.2, -0.15) is 37.5 Å². The summed E-state index contributed by atoms with van der Waals surface area (Å²) in [5, 5.41) is 20.4. The molecule has 0 aromatic heterocycles. The number of halogens is 6. The van der Waals surface area contributed by atoms with Crippen LogP contribution in [0.5, 0.6) is 0 Å². The monoisotopic (exact) mass is 298 g/mol. The van der Waals surface area contributed by atoms with E-state index in [2.05, 4.69) is 5.11 Å². The smallest absolute Gasteiger partial charge is 0.467 e. The van der Waals surface area contributed by atoms with Crippen molar-refractivity contribution in [2.75, 3.05) is 0 Å². The second kappa shape index (κ2) is 4.31. The molecule has 1 heterocycles.